The molecule has 0 aromatic heterocycles. The average molecular weight is 333 g/mol. The summed E-state index contributed by atoms with van der Waals surface area (Å²) in [5.41, 5.74) is 4.02. The second-order valence-electron chi connectivity index (χ2n) is 4.68. The monoisotopic (exact) mass is 332 g/mol. The van der Waals surface area contributed by atoms with Gasteiger partial charge in [-0.15, -0.1) is 0 Å². The molecule has 6 heteroatoms. The van der Waals surface area contributed by atoms with Gasteiger partial charge >= 0.3 is 0 Å². The van der Waals surface area contributed by atoms with Crippen LogP contribution in [-0.4, -0.2) is 25.3 Å². The van der Waals surface area contributed by atoms with Gasteiger partial charge in [0.1, 0.15) is 11.5 Å². The van der Waals surface area contributed by atoms with Crippen molar-refractivity contribution in [2.45, 2.75) is 6.92 Å². The molecule has 2 aromatic carbocycles. The highest BCUT2D eigenvalue weighted by Gasteiger charge is 2.05. The van der Waals surface area contributed by atoms with Crippen LogP contribution in [-0.2, 0) is 4.79 Å². The molecule has 0 atom stereocenters. The minimum Gasteiger partial charge on any atom is -0.497 e. The molecule has 0 aliphatic heterocycles. The smallest absolute Gasteiger partial charge is 0.277 e. The Bertz CT molecular complexity index is 699. The van der Waals surface area contributed by atoms with E-state index in [0.29, 0.717) is 16.5 Å². The summed E-state index contributed by atoms with van der Waals surface area (Å²) in [5.74, 6) is 0.858. The number of hydrogen-bond donors (Lipinski definition) is 1. The van der Waals surface area contributed by atoms with Crippen LogP contribution in [0.2, 0.25) is 5.02 Å². The van der Waals surface area contributed by atoms with Gasteiger partial charge in [-0.1, -0.05) is 23.7 Å². The number of nitrogens with one attached hydrogen (secondary N) is 1. The van der Waals surface area contributed by atoms with E-state index in [1.807, 2.05) is 24.3 Å². The molecule has 2 rings (SSSR count). The first kappa shape index (κ1) is 16.8. The molecule has 0 spiro atoms. The van der Waals surface area contributed by atoms with Crippen LogP contribution in [0.5, 0.6) is 11.5 Å². The highest BCUT2D eigenvalue weighted by molar-refractivity contribution is 6.32. The van der Waals surface area contributed by atoms with Crippen LogP contribution in [0.4, 0.5) is 0 Å². The molecule has 23 heavy (non-hydrogen) atoms. The molecule has 5 nitrogen and oxygen atoms in total. The van der Waals surface area contributed by atoms with E-state index in [1.54, 1.807) is 38.3 Å². The lowest BCUT2D eigenvalue weighted by atomic mass is 10.1. The molecule has 0 radical (unpaired) electrons. The molecule has 1 N–H and O–H groups in total. The Morgan fingerprint density at radius 1 is 1.17 bits per heavy atom. The number of hydrazone groups is 1. The lowest BCUT2D eigenvalue weighted by Crippen LogP contribution is -2.25. The van der Waals surface area contributed by atoms with Crippen LogP contribution < -0.4 is 14.9 Å². The third kappa shape index (κ3) is 5.00. The van der Waals surface area contributed by atoms with E-state index in [9.17, 15) is 4.79 Å². The molecule has 0 fully saturated rings. The molecule has 120 valence electrons. The zero-order chi connectivity index (χ0) is 16.7. The minimum atomic E-state index is -0.363. The Hall–Kier alpha value is -2.53. The van der Waals surface area contributed by atoms with E-state index in [4.69, 9.17) is 21.1 Å². The maximum Gasteiger partial charge on any atom is 0.277 e. The predicted octanol–water partition coefficient (Wildman–Crippen LogP) is 3.27. The van der Waals surface area contributed by atoms with Crippen LogP contribution in [0.1, 0.15) is 12.5 Å². The number of amides is 1. The van der Waals surface area contributed by atoms with Gasteiger partial charge in [-0.25, -0.2) is 5.43 Å². The van der Waals surface area contributed by atoms with Crippen LogP contribution in [0.25, 0.3) is 0 Å². The van der Waals surface area contributed by atoms with Crippen molar-refractivity contribution in [2.24, 2.45) is 5.10 Å². The van der Waals surface area contributed by atoms with Gasteiger partial charge in [0.15, 0.2) is 6.61 Å². The number of benzene rings is 2. The highest BCUT2D eigenvalue weighted by Crippen LogP contribution is 2.22. The van der Waals surface area contributed by atoms with E-state index in [0.717, 1.165) is 11.3 Å². The summed E-state index contributed by atoms with van der Waals surface area (Å²) in [5, 5.41) is 4.50. The van der Waals surface area contributed by atoms with Crippen molar-refractivity contribution in [2.75, 3.05) is 13.7 Å². The number of rotatable bonds is 6. The second-order valence-corrected chi connectivity index (χ2v) is 5.09. The summed E-state index contributed by atoms with van der Waals surface area (Å²) in [6, 6.07) is 14.4. The molecular formula is C17H17ClN2O3. The zero-order valence-electron chi connectivity index (χ0n) is 12.9. The van der Waals surface area contributed by atoms with E-state index < -0.39 is 0 Å². The van der Waals surface area contributed by atoms with E-state index in [-0.39, 0.29) is 12.5 Å². The number of carbonyl (C=O) groups excluding carboxylic acids is 1. The van der Waals surface area contributed by atoms with Crippen LogP contribution >= 0.6 is 11.6 Å². The van der Waals surface area contributed by atoms with Gasteiger partial charge in [0.2, 0.25) is 0 Å². The van der Waals surface area contributed by atoms with Gasteiger partial charge in [0.05, 0.1) is 17.8 Å². The van der Waals surface area contributed by atoms with E-state index in [1.165, 1.54) is 0 Å². The first-order valence-corrected chi connectivity index (χ1v) is 7.33. The van der Waals surface area contributed by atoms with Crippen molar-refractivity contribution in [1.82, 2.24) is 5.43 Å². The van der Waals surface area contributed by atoms with Crippen LogP contribution in [0.15, 0.2) is 53.6 Å². The lowest BCUT2D eigenvalue weighted by molar-refractivity contribution is -0.123. The normalized spacial score (nSPS) is 11.0. The van der Waals surface area contributed by atoms with Gasteiger partial charge < -0.3 is 9.47 Å². The van der Waals surface area contributed by atoms with E-state index in [2.05, 4.69) is 10.5 Å². The lowest BCUT2D eigenvalue weighted by Gasteiger charge is -2.07. The molecular weight excluding hydrogens is 316 g/mol. The maximum absolute atomic E-state index is 11.8. The molecule has 2 aromatic rings. The Labute approximate surface area is 139 Å². The summed E-state index contributed by atoms with van der Waals surface area (Å²) in [7, 11) is 1.61. The first-order valence-electron chi connectivity index (χ1n) is 6.95. The van der Waals surface area contributed by atoms with Gasteiger partial charge in [-0.3, -0.25) is 4.79 Å². The van der Waals surface area contributed by atoms with Gasteiger partial charge in [0, 0.05) is 0 Å². The Balaban J connectivity index is 1.88. The molecule has 0 aliphatic rings. The fourth-order valence-corrected chi connectivity index (χ4v) is 1.97. The number of halogens is 1. The molecule has 0 saturated carbocycles. The summed E-state index contributed by atoms with van der Waals surface area (Å²) < 4.78 is 10.4. The topological polar surface area (TPSA) is 59.9 Å². The average Bonchev–Trinajstić information content (AvgIpc) is 2.59. The van der Waals surface area contributed by atoms with Crippen molar-refractivity contribution in [1.29, 1.82) is 0 Å². The number of ether oxygens (including phenoxy) is 2. The molecule has 0 bridgehead atoms. The molecule has 1 amide bonds. The van der Waals surface area contributed by atoms with E-state index >= 15 is 0 Å². The van der Waals surface area contributed by atoms with Gasteiger partial charge in [0.25, 0.3) is 5.91 Å². The fraction of sp³-hybridized carbons (Fsp3) is 0.176. The zero-order valence-corrected chi connectivity index (χ0v) is 13.6. The van der Waals surface area contributed by atoms with Crippen molar-refractivity contribution >= 4 is 23.2 Å². The minimum absolute atomic E-state index is 0.164. The standard InChI is InChI=1S/C17H17ClN2O3/c1-12(13-7-9-14(22-2)10-8-13)19-20-17(21)11-23-16-6-4-3-5-15(16)18/h3-10H,11H2,1-2H3,(H,20,21)/b19-12+. The van der Waals surface area contributed by atoms with Gasteiger partial charge in [-0.05, 0) is 48.9 Å². The Morgan fingerprint density at radius 3 is 2.52 bits per heavy atom. The summed E-state index contributed by atoms with van der Waals surface area (Å²) in [6.45, 7) is 1.64. The van der Waals surface area contributed by atoms with Crippen molar-refractivity contribution in [3.63, 3.8) is 0 Å². The summed E-state index contributed by atoms with van der Waals surface area (Å²) in [4.78, 5) is 11.8. The molecule has 0 unspecified atom stereocenters. The summed E-state index contributed by atoms with van der Waals surface area (Å²) >= 11 is 5.95. The largest absolute Gasteiger partial charge is 0.497 e. The first-order chi connectivity index (χ1) is 11.1. The fourth-order valence-electron chi connectivity index (χ4n) is 1.78. The highest BCUT2D eigenvalue weighted by atomic mass is 35.5. The summed E-state index contributed by atoms with van der Waals surface area (Å²) in [6.07, 6.45) is 0. The number of nitrogens with zero attached hydrogens (tertiary/aromatic N) is 1. The number of carbonyl (C=O) groups is 1. The molecule has 0 heterocycles. The van der Waals surface area contributed by atoms with Crippen molar-refractivity contribution in [3.8, 4) is 11.5 Å². The SMILES string of the molecule is COc1ccc(/C(C)=N/NC(=O)COc2ccccc2Cl)cc1. The predicted molar refractivity (Wildman–Crippen MR) is 90.3 cm³/mol. The molecule has 0 saturated heterocycles. The Morgan fingerprint density at radius 2 is 1.87 bits per heavy atom. The quantitative estimate of drug-likeness (QED) is 0.652. The number of methoxy groups -OCH3 is 1. The molecule has 0 aliphatic carbocycles. The van der Waals surface area contributed by atoms with Crippen LogP contribution in [0, 0.1) is 0 Å². The van der Waals surface area contributed by atoms with Crippen LogP contribution in [0.3, 0.4) is 0 Å². The van der Waals surface area contributed by atoms with Crippen molar-refractivity contribution in [3.05, 3.63) is 59.1 Å². The number of hydrogen-bond acceptors (Lipinski definition) is 4. The van der Waals surface area contributed by atoms with Gasteiger partial charge in [-0.2, -0.15) is 5.10 Å². The maximum atomic E-state index is 11.8. The Kier molecular flexibility index (Phi) is 6.00. The number of para-hydroxylation sites is 1. The third-order valence-electron chi connectivity index (χ3n) is 3.05. The second kappa shape index (κ2) is 8.19. The van der Waals surface area contributed by atoms with Crippen molar-refractivity contribution < 1.29 is 14.3 Å². The third-order valence-corrected chi connectivity index (χ3v) is 3.36.